The van der Waals surface area contributed by atoms with Crippen LogP contribution in [0.3, 0.4) is 0 Å². The van der Waals surface area contributed by atoms with Gasteiger partial charge in [-0.2, -0.15) is 0 Å². The van der Waals surface area contributed by atoms with Crippen LogP contribution in [0.25, 0.3) is 0 Å². The number of carbonyl (C=O) groups is 1. The van der Waals surface area contributed by atoms with Crippen molar-refractivity contribution in [2.45, 2.75) is 52.0 Å². The van der Waals surface area contributed by atoms with Crippen molar-refractivity contribution in [1.29, 1.82) is 0 Å². The summed E-state index contributed by atoms with van der Waals surface area (Å²) in [6.07, 6.45) is 0.618. The Morgan fingerprint density at radius 2 is 1.69 bits per heavy atom. The van der Waals surface area contributed by atoms with Crippen LogP contribution in [0.1, 0.15) is 37.8 Å². The van der Waals surface area contributed by atoms with Crippen molar-refractivity contribution < 1.29 is 27.4 Å². The van der Waals surface area contributed by atoms with Gasteiger partial charge in [0, 0.05) is 11.6 Å². The third kappa shape index (κ3) is 6.16. The van der Waals surface area contributed by atoms with Crippen molar-refractivity contribution in [3.05, 3.63) is 65.0 Å². The van der Waals surface area contributed by atoms with Crippen molar-refractivity contribution >= 4 is 6.09 Å². The Bertz CT molecular complexity index is 913. The van der Waals surface area contributed by atoms with E-state index >= 15 is 0 Å². The van der Waals surface area contributed by atoms with E-state index in [1.54, 1.807) is 24.3 Å². The molecule has 0 atom stereocenters. The quantitative estimate of drug-likeness (QED) is 0.549. The summed E-state index contributed by atoms with van der Waals surface area (Å²) in [6.45, 7) is 4.93. The molecule has 174 valence electrons. The monoisotopic (exact) mass is 450 g/mol. The number of benzene rings is 2. The number of hydrogen-bond acceptors (Lipinski definition) is 4. The minimum atomic E-state index is -1.28. The standard InChI is InChI=1S/C24H29F3N2O3/c1-16(2)32-19-6-4-17(5-7-19)15-31-24(30)29(18-10-12-28(3)13-11-18)14-20-21(25)8-9-22(26)23(20)27/h4-9,16,18H,10-15H2,1-3H3. The van der Waals surface area contributed by atoms with Crippen LogP contribution in [0.4, 0.5) is 18.0 Å². The van der Waals surface area contributed by atoms with Crippen LogP contribution in [-0.2, 0) is 17.9 Å². The number of hydrogen-bond donors (Lipinski definition) is 0. The van der Waals surface area contributed by atoms with Crippen LogP contribution in [0.5, 0.6) is 5.75 Å². The number of amides is 1. The smallest absolute Gasteiger partial charge is 0.410 e. The van der Waals surface area contributed by atoms with Crippen LogP contribution in [0.15, 0.2) is 36.4 Å². The van der Waals surface area contributed by atoms with Gasteiger partial charge in [-0.3, -0.25) is 0 Å². The van der Waals surface area contributed by atoms with Gasteiger partial charge in [0.05, 0.1) is 12.6 Å². The minimum absolute atomic E-state index is 0.00195. The molecule has 5 nitrogen and oxygen atoms in total. The molecular formula is C24H29F3N2O3. The van der Waals surface area contributed by atoms with Gasteiger partial charge in [0.25, 0.3) is 0 Å². The average Bonchev–Trinajstić information content (AvgIpc) is 2.76. The van der Waals surface area contributed by atoms with Crippen LogP contribution in [0, 0.1) is 17.5 Å². The van der Waals surface area contributed by atoms with Crippen molar-refractivity contribution in [2.24, 2.45) is 0 Å². The van der Waals surface area contributed by atoms with Crippen molar-refractivity contribution in [3.8, 4) is 5.75 Å². The lowest BCUT2D eigenvalue weighted by molar-refractivity contribution is 0.0593. The highest BCUT2D eigenvalue weighted by Gasteiger charge is 2.30. The van der Waals surface area contributed by atoms with E-state index in [9.17, 15) is 18.0 Å². The predicted octanol–water partition coefficient (Wildman–Crippen LogP) is 5.12. The number of likely N-dealkylation sites (tertiary alicyclic amines) is 1. The summed E-state index contributed by atoms with van der Waals surface area (Å²) >= 11 is 0. The molecule has 1 aliphatic rings. The Balaban J connectivity index is 1.73. The summed E-state index contributed by atoms with van der Waals surface area (Å²) in [6, 6.07) is 8.49. The van der Waals surface area contributed by atoms with Gasteiger partial charge in [0.1, 0.15) is 18.2 Å². The van der Waals surface area contributed by atoms with Gasteiger partial charge in [0.2, 0.25) is 0 Å². The summed E-state index contributed by atoms with van der Waals surface area (Å²) in [5.41, 5.74) is 0.275. The molecule has 0 radical (unpaired) electrons. The number of carbonyl (C=O) groups excluding carboxylic acids is 1. The van der Waals surface area contributed by atoms with E-state index in [0.29, 0.717) is 18.6 Å². The fraction of sp³-hybridized carbons (Fsp3) is 0.458. The molecule has 32 heavy (non-hydrogen) atoms. The maximum Gasteiger partial charge on any atom is 0.410 e. The van der Waals surface area contributed by atoms with Gasteiger partial charge in [0.15, 0.2) is 11.6 Å². The second-order valence-electron chi connectivity index (χ2n) is 8.35. The van der Waals surface area contributed by atoms with E-state index in [1.165, 1.54) is 4.90 Å². The number of piperidine rings is 1. The zero-order chi connectivity index (χ0) is 23.3. The Labute approximate surface area is 186 Å². The SMILES string of the molecule is CC(C)Oc1ccc(COC(=O)N(Cc2c(F)ccc(F)c2F)C2CCN(C)CC2)cc1. The van der Waals surface area contributed by atoms with E-state index in [1.807, 2.05) is 20.9 Å². The molecule has 0 bridgehead atoms. The molecule has 0 N–H and O–H groups in total. The lowest BCUT2D eigenvalue weighted by atomic mass is 10.0. The molecule has 2 aromatic rings. The minimum Gasteiger partial charge on any atom is -0.491 e. The number of halogens is 3. The summed E-state index contributed by atoms with van der Waals surface area (Å²) in [5.74, 6) is -2.62. The lowest BCUT2D eigenvalue weighted by Crippen LogP contribution is -2.46. The second-order valence-corrected chi connectivity index (χ2v) is 8.35. The Kier molecular flexibility index (Phi) is 8.01. The molecule has 0 aliphatic carbocycles. The third-order valence-corrected chi connectivity index (χ3v) is 5.49. The molecule has 8 heteroatoms. The maximum absolute atomic E-state index is 14.3. The molecule has 1 heterocycles. The normalized spacial score (nSPS) is 15.1. The van der Waals surface area contributed by atoms with Crippen LogP contribution in [-0.4, -0.2) is 48.2 Å². The number of nitrogens with zero attached hydrogens (tertiary/aromatic N) is 2. The second kappa shape index (κ2) is 10.7. The van der Waals surface area contributed by atoms with E-state index in [-0.39, 0.29) is 18.8 Å². The fourth-order valence-electron chi connectivity index (χ4n) is 3.70. The highest BCUT2D eigenvalue weighted by Crippen LogP contribution is 2.24. The number of ether oxygens (including phenoxy) is 2. The maximum atomic E-state index is 14.3. The van der Waals surface area contributed by atoms with Gasteiger partial charge < -0.3 is 19.3 Å². The third-order valence-electron chi connectivity index (χ3n) is 5.49. The molecule has 1 saturated heterocycles. The van der Waals surface area contributed by atoms with Crippen LogP contribution >= 0.6 is 0 Å². The average molecular weight is 451 g/mol. The van der Waals surface area contributed by atoms with Crippen LogP contribution in [0.2, 0.25) is 0 Å². The Hall–Kier alpha value is -2.74. The Morgan fingerprint density at radius 1 is 1.06 bits per heavy atom. The number of rotatable bonds is 7. The summed E-state index contributed by atoms with van der Waals surface area (Å²) < 4.78 is 53.3. The van der Waals surface area contributed by atoms with E-state index in [4.69, 9.17) is 9.47 Å². The first kappa shape index (κ1) is 23.9. The summed E-state index contributed by atoms with van der Waals surface area (Å²) in [7, 11) is 1.97. The molecule has 0 aromatic heterocycles. The molecule has 0 unspecified atom stereocenters. The van der Waals surface area contributed by atoms with Gasteiger partial charge in [-0.15, -0.1) is 0 Å². The Morgan fingerprint density at radius 3 is 2.31 bits per heavy atom. The molecule has 0 saturated carbocycles. The molecule has 0 spiro atoms. The first-order chi connectivity index (χ1) is 15.2. The molecule has 3 rings (SSSR count). The topological polar surface area (TPSA) is 42.0 Å². The van der Waals surface area contributed by atoms with Gasteiger partial charge in [-0.05, 0) is 76.7 Å². The highest BCUT2D eigenvalue weighted by molar-refractivity contribution is 5.68. The first-order valence-electron chi connectivity index (χ1n) is 10.7. The fourth-order valence-corrected chi connectivity index (χ4v) is 3.70. The highest BCUT2D eigenvalue weighted by atomic mass is 19.2. The van der Waals surface area contributed by atoms with E-state index < -0.39 is 35.7 Å². The van der Waals surface area contributed by atoms with E-state index in [0.717, 1.165) is 30.8 Å². The van der Waals surface area contributed by atoms with Crippen molar-refractivity contribution in [2.75, 3.05) is 20.1 Å². The zero-order valence-corrected chi connectivity index (χ0v) is 18.6. The summed E-state index contributed by atoms with van der Waals surface area (Å²) in [4.78, 5) is 16.4. The van der Waals surface area contributed by atoms with Crippen molar-refractivity contribution in [1.82, 2.24) is 9.80 Å². The first-order valence-corrected chi connectivity index (χ1v) is 10.7. The zero-order valence-electron chi connectivity index (χ0n) is 18.6. The largest absolute Gasteiger partial charge is 0.491 e. The van der Waals surface area contributed by atoms with Crippen molar-refractivity contribution in [3.63, 3.8) is 0 Å². The van der Waals surface area contributed by atoms with Gasteiger partial charge in [-0.1, -0.05) is 12.1 Å². The van der Waals surface area contributed by atoms with E-state index in [2.05, 4.69) is 4.90 Å². The lowest BCUT2D eigenvalue weighted by Gasteiger charge is -2.36. The molecule has 1 fully saturated rings. The summed E-state index contributed by atoms with van der Waals surface area (Å²) in [5, 5.41) is 0. The molecular weight excluding hydrogens is 421 g/mol. The molecule has 1 aliphatic heterocycles. The van der Waals surface area contributed by atoms with Gasteiger partial charge >= 0.3 is 6.09 Å². The molecule has 1 amide bonds. The van der Waals surface area contributed by atoms with Crippen LogP contribution < -0.4 is 4.74 Å². The molecule has 2 aromatic carbocycles. The predicted molar refractivity (Wildman–Crippen MR) is 115 cm³/mol. The van der Waals surface area contributed by atoms with Gasteiger partial charge in [-0.25, -0.2) is 18.0 Å².